The molecule has 0 amide bonds. The Kier molecular flexibility index (Phi) is 7.34. The molecule has 0 spiro atoms. The molecule has 0 aliphatic heterocycles. The normalized spacial score (nSPS) is 11.5. The Hall–Kier alpha value is -3.04. The van der Waals surface area contributed by atoms with Crippen LogP contribution in [-0.2, 0) is 25.7 Å². The first-order valence-corrected chi connectivity index (χ1v) is 10.1. The van der Waals surface area contributed by atoms with Gasteiger partial charge >= 0.3 is 12.1 Å². The van der Waals surface area contributed by atoms with E-state index in [4.69, 9.17) is 33.0 Å². The number of rotatable bonds is 7. The molecule has 1 aromatic heterocycles. The largest absolute Gasteiger partial charge is 0.487 e. The number of benzene rings is 2. The first kappa shape index (κ1) is 24.6. The maximum atomic E-state index is 13.5. The fourth-order valence-electron chi connectivity index (χ4n) is 3.04. The van der Waals surface area contributed by atoms with Crippen molar-refractivity contribution in [3.05, 3.63) is 97.1 Å². The van der Waals surface area contributed by atoms with E-state index in [-0.39, 0.29) is 40.2 Å². The van der Waals surface area contributed by atoms with Crippen molar-refractivity contribution in [3.63, 3.8) is 0 Å². The molecule has 0 atom stereocenters. The number of aromatic carboxylic acids is 1. The number of pyridine rings is 1. The SMILES string of the molecule is O=C(O)c1ccc(CCn2c(COc3ccc(F)c(C(F)(F)F)c3)c(Cl)cc(Cl)c2=O)cc1. The Bertz CT molecular complexity index is 1240. The molecule has 0 radical (unpaired) electrons. The molecule has 0 fully saturated rings. The standard InChI is InChI=1S/C22H15Cl2F4NO4/c23-16-10-17(24)20(30)29(8-7-12-1-3-13(4-2-12)21(31)32)19(16)11-33-14-5-6-18(25)15(9-14)22(26,27)28/h1-6,9-10H,7-8,11H2,(H,31,32). The molecule has 0 aliphatic rings. The van der Waals surface area contributed by atoms with Crippen molar-refractivity contribution in [1.82, 2.24) is 4.57 Å². The molecule has 33 heavy (non-hydrogen) atoms. The lowest BCUT2D eigenvalue weighted by Crippen LogP contribution is -2.26. The summed E-state index contributed by atoms with van der Waals surface area (Å²) in [6, 6.07) is 9.41. The number of alkyl halides is 3. The average molecular weight is 504 g/mol. The second-order valence-corrected chi connectivity index (χ2v) is 7.74. The smallest absolute Gasteiger partial charge is 0.419 e. The predicted octanol–water partition coefficient (Wildman–Crippen LogP) is 5.83. The quantitative estimate of drug-likeness (QED) is 0.411. The van der Waals surface area contributed by atoms with Gasteiger partial charge in [-0.1, -0.05) is 35.3 Å². The van der Waals surface area contributed by atoms with Gasteiger partial charge in [-0.3, -0.25) is 4.79 Å². The van der Waals surface area contributed by atoms with Gasteiger partial charge in [0, 0.05) is 6.54 Å². The second-order valence-electron chi connectivity index (χ2n) is 6.92. The van der Waals surface area contributed by atoms with Crippen molar-refractivity contribution >= 4 is 29.2 Å². The van der Waals surface area contributed by atoms with E-state index in [1.165, 1.54) is 22.8 Å². The van der Waals surface area contributed by atoms with Crippen LogP contribution in [0.1, 0.15) is 27.2 Å². The van der Waals surface area contributed by atoms with E-state index in [0.717, 1.165) is 11.6 Å². The molecule has 1 N–H and O–H groups in total. The third kappa shape index (κ3) is 5.85. The number of hydrogen-bond acceptors (Lipinski definition) is 3. The third-order valence-electron chi connectivity index (χ3n) is 4.75. The van der Waals surface area contributed by atoms with Gasteiger partial charge < -0.3 is 14.4 Å². The van der Waals surface area contributed by atoms with Crippen LogP contribution in [0, 0.1) is 5.82 Å². The molecule has 1 heterocycles. The van der Waals surface area contributed by atoms with Crippen LogP contribution in [0.25, 0.3) is 0 Å². The van der Waals surface area contributed by atoms with Crippen LogP contribution in [0.4, 0.5) is 17.6 Å². The maximum Gasteiger partial charge on any atom is 0.419 e. The Morgan fingerprint density at radius 2 is 1.70 bits per heavy atom. The van der Waals surface area contributed by atoms with Gasteiger partial charge in [-0.05, 0) is 48.4 Å². The Morgan fingerprint density at radius 3 is 2.30 bits per heavy atom. The molecule has 3 rings (SSSR count). The Balaban J connectivity index is 1.85. The summed E-state index contributed by atoms with van der Waals surface area (Å²) in [5, 5.41) is 8.87. The molecule has 0 saturated heterocycles. The van der Waals surface area contributed by atoms with E-state index in [0.29, 0.717) is 18.6 Å². The van der Waals surface area contributed by atoms with Crippen molar-refractivity contribution in [2.75, 3.05) is 0 Å². The van der Waals surface area contributed by atoms with Crippen molar-refractivity contribution in [2.45, 2.75) is 25.7 Å². The van der Waals surface area contributed by atoms with Crippen LogP contribution < -0.4 is 10.3 Å². The number of ether oxygens (including phenoxy) is 1. The summed E-state index contributed by atoms with van der Waals surface area (Å²) in [7, 11) is 0. The predicted molar refractivity (Wildman–Crippen MR) is 114 cm³/mol. The molecule has 5 nitrogen and oxygen atoms in total. The molecule has 0 aliphatic carbocycles. The molecule has 11 heteroatoms. The zero-order valence-electron chi connectivity index (χ0n) is 16.6. The average Bonchev–Trinajstić information content (AvgIpc) is 2.75. The third-order valence-corrected chi connectivity index (χ3v) is 5.35. The number of carbonyl (C=O) groups is 1. The summed E-state index contributed by atoms with van der Waals surface area (Å²) < 4.78 is 58.9. The van der Waals surface area contributed by atoms with Crippen molar-refractivity contribution in [2.24, 2.45) is 0 Å². The first-order chi connectivity index (χ1) is 15.5. The fraction of sp³-hybridized carbons (Fsp3) is 0.182. The number of carboxylic acids is 1. The van der Waals surface area contributed by atoms with Crippen LogP contribution >= 0.6 is 23.2 Å². The van der Waals surface area contributed by atoms with Gasteiger partial charge in [0.15, 0.2) is 0 Å². The molecule has 3 aromatic rings. The topological polar surface area (TPSA) is 68.5 Å². The van der Waals surface area contributed by atoms with Gasteiger partial charge in [-0.2, -0.15) is 13.2 Å². The minimum Gasteiger partial charge on any atom is -0.487 e. The van der Waals surface area contributed by atoms with Crippen LogP contribution in [0.2, 0.25) is 10.0 Å². The summed E-state index contributed by atoms with van der Waals surface area (Å²) in [6.45, 7) is -0.298. The molecular formula is C22H15Cl2F4NO4. The highest BCUT2D eigenvalue weighted by Gasteiger charge is 2.34. The zero-order valence-corrected chi connectivity index (χ0v) is 18.1. The van der Waals surface area contributed by atoms with Crippen molar-refractivity contribution in [1.29, 1.82) is 0 Å². The van der Waals surface area contributed by atoms with Crippen LogP contribution in [-0.4, -0.2) is 15.6 Å². The van der Waals surface area contributed by atoms with Gasteiger partial charge in [0.25, 0.3) is 5.56 Å². The Morgan fingerprint density at radius 1 is 1.03 bits per heavy atom. The number of aromatic nitrogens is 1. The van der Waals surface area contributed by atoms with Gasteiger partial charge in [-0.15, -0.1) is 0 Å². The minimum absolute atomic E-state index is 0.0546. The number of halogens is 6. The van der Waals surface area contributed by atoms with Gasteiger partial charge in [0.1, 0.15) is 23.2 Å². The van der Waals surface area contributed by atoms with Gasteiger partial charge in [-0.25, -0.2) is 9.18 Å². The van der Waals surface area contributed by atoms with E-state index in [1.807, 2.05) is 0 Å². The van der Waals surface area contributed by atoms with Crippen LogP contribution in [0.3, 0.4) is 0 Å². The van der Waals surface area contributed by atoms with Crippen LogP contribution in [0.5, 0.6) is 5.75 Å². The van der Waals surface area contributed by atoms with Crippen molar-refractivity contribution in [3.8, 4) is 5.75 Å². The lowest BCUT2D eigenvalue weighted by molar-refractivity contribution is -0.140. The number of carboxylic acid groups (broad SMARTS) is 1. The highest BCUT2D eigenvalue weighted by atomic mass is 35.5. The van der Waals surface area contributed by atoms with Gasteiger partial charge in [0.2, 0.25) is 0 Å². The maximum absolute atomic E-state index is 13.5. The van der Waals surface area contributed by atoms with E-state index in [9.17, 15) is 27.2 Å². The van der Waals surface area contributed by atoms with E-state index < -0.39 is 29.1 Å². The van der Waals surface area contributed by atoms with Crippen molar-refractivity contribution < 1.29 is 32.2 Å². The summed E-state index contributed by atoms with van der Waals surface area (Å²) in [5.74, 6) is -2.78. The van der Waals surface area contributed by atoms with E-state index in [1.54, 1.807) is 12.1 Å². The minimum atomic E-state index is -4.90. The molecule has 174 valence electrons. The molecule has 0 bridgehead atoms. The fourth-order valence-corrected chi connectivity index (χ4v) is 3.57. The number of hydrogen-bond donors (Lipinski definition) is 1. The summed E-state index contributed by atoms with van der Waals surface area (Å²) >= 11 is 12.2. The van der Waals surface area contributed by atoms with E-state index in [2.05, 4.69) is 0 Å². The Labute approximate surface area is 194 Å². The van der Waals surface area contributed by atoms with E-state index >= 15 is 0 Å². The zero-order chi connectivity index (χ0) is 24.3. The lowest BCUT2D eigenvalue weighted by atomic mass is 10.1. The molecule has 0 unspecified atom stereocenters. The molecule has 0 saturated carbocycles. The summed E-state index contributed by atoms with van der Waals surface area (Å²) in [4.78, 5) is 23.6. The van der Waals surface area contributed by atoms with Gasteiger partial charge in [0.05, 0.1) is 21.8 Å². The summed E-state index contributed by atoms with van der Waals surface area (Å²) in [5.41, 5.74) is -1.08. The summed E-state index contributed by atoms with van der Waals surface area (Å²) in [6.07, 6.45) is -4.60. The highest BCUT2D eigenvalue weighted by Crippen LogP contribution is 2.34. The number of nitrogens with zero attached hydrogens (tertiary/aromatic N) is 1. The lowest BCUT2D eigenvalue weighted by Gasteiger charge is -2.17. The second kappa shape index (κ2) is 9.84. The molecule has 2 aromatic carbocycles. The molecular weight excluding hydrogens is 489 g/mol. The van der Waals surface area contributed by atoms with Crippen LogP contribution in [0.15, 0.2) is 53.3 Å². The highest BCUT2D eigenvalue weighted by molar-refractivity contribution is 6.34. The monoisotopic (exact) mass is 503 g/mol. The number of aryl methyl sites for hydroxylation is 1. The first-order valence-electron chi connectivity index (χ1n) is 9.37.